The minimum atomic E-state index is 0.0643. The molecular weight excluding hydrogens is 412 g/mol. The molecule has 1 saturated carbocycles. The van der Waals surface area contributed by atoms with Gasteiger partial charge < -0.3 is 14.2 Å². The third-order valence-corrected chi connectivity index (χ3v) is 7.89. The molecule has 0 bridgehead atoms. The van der Waals surface area contributed by atoms with Crippen LogP contribution in [-0.4, -0.2) is 41.2 Å². The summed E-state index contributed by atoms with van der Waals surface area (Å²) >= 11 is 0. The van der Waals surface area contributed by atoms with E-state index in [1.807, 2.05) is 41.3 Å². The Balaban J connectivity index is 1.08. The molecule has 0 radical (unpaired) electrons. The van der Waals surface area contributed by atoms with Crippen LogP contribution < -0.4 is 0 Å². The van der Waals surface area contributed by atoms with Crippen molar-refractivity contribution in [2.24, 2.45) is 11.3 Å². The van der Waals surface area contributed by atoms with Crippen LogP contribution in [0.4, 0.5) is 0 Å². The van der Waals surface area contributed by atoms with Crippen LogP contribution in [0.25, 0.3) is 11.3 Å². The van der Waals surface area contributed by atoms with Crippen LogP contribution in [0.1, 0.15) is 40.7 Å². The Labute approximate surface area is 194 Å². The Morgan fingerprint density at radius 2 is 1.70 bits per heavy atom. The van der Waals surface area contributed by atoms with E-state index in [9.17, 15) is 9.59 Å². The van der Waals surface area contributed by atoms with Crippen molar-refractivity contribution in [3.05, 3.63) is 83.6 Å². The second-order valence-corrected chi connectivity index (χ2v) is 9.75. The first-order valence-corrected chi connectivity index (χ1v) is 11.9. The second-order valence-electron chi connectivity index (χ2n) is 9.75. The molecule has 6 rings (SSSR count). The molecule has 5 nitrogen and oxygen atoms in total. The minimum absolute atomic E-state index is 0.0643. The number of benzene rings is 2. The van der Waals surface area contributed by atoms with Crippen molar-refractivity contribution < 1.29 is 14.0 Å². The van der Waals surface area contributed by atoms with Crippen molar-refractivity contribution >= 4 is 11.8 Å². The van der Waals surface area contributed by atoms with Gasteiger partial charge in [0.05, 0.1) is 6.26 Å². The maximum atomic E-state index is 13.3. The van der Waals surface area contributed by atoms with E-state index in [0.717, 1.165) is 63.2 Å². The lowest BCUT2D eigenvalue weighted by Crippen LogP contribution is -2.42. The lowest BCUT2D eigenvalue weighted by atomic mass is 9.89. The molecule has 2 fully saturated rings. The topological polar surface area (TPSA) is 53.8 Å². The van der Waals surface area contributed by atoms with Crippen LogP contribution in [0.2, 0.25) is 0 Å². The van der Waals surface area contributed by atoms with Gasteiger partial charge in [-0.3, -0.25) is 9.59 Å². The molecule has 2 amide bonds. The van der Waals surface area contributed by atoms with E-state index in [1.54, 1.807) is 6.26 Å². The SMILES string of the molecule is O=C(c1cccc(-c2ccco2)c1)N1CCC2(CC1)CC2C(=O)N1CCc2ccccc2C1. The highest BCUT2D eigenvalue weighted by atomic mass is 16.3. The van der Waals surface area contributed by atoms with Gasteiger partial charge in [-0.25, -0.2) is 0 Å². The number of piperidine rings is 1. The highest BCUT2D eigenvalue weighted by Crippen LogP contribution is 2.60. The summed E-state index contributed by atoms with van der Waals surface area (Å²) in [5, 5.41) is 0. The van der Waals surface area contributed by atoms with Crippen LogP contribution in [-0.2, 0) is 17.8 Å². The van der Waals surface area contributed by atoms with E-state index in [2.05, 4.69) is 29.2 Å². The fraction of sp³-hybridized carbons (Fsp3) is 0.357. The Morgan fingerprint density at radius 3 is 2.48 bits per heavy atom. The molecule has 1 aliphatic carbocycles. The highest BCUT2D eigenvalue weighted by Gasteiger charge is 2.59. The molecule has 168 valence electrons. The van der Waals surface area contributed by atoms with Crippen molar-refractivity contribution in [2.75, 3.05) is 19.6 Å². The van der Waals surface area contributed by atoms with Crippen LogP contribution >= 0.6 is 0 Å². The number of carbonyl (C=O) groups is 2. The second kappa shape index (κ2) is 7.91. The van der Waals surface area contributed by atoms with Crippen molar-refractivity contribution in [3.8, 4) is 11.3 Å². The summed E-state index contributed by atoms with van der Waals surface area (Å²) in [5.41, 5.74) is 4.35. The van der Waals surface area contributed by atoms with Crippen LogP contribution in [0, 0.1) is 11.3 Å². The zero-order valence-electron chi connectivity index (χ0n) is 18.7. The molecule has 0 N–H and O–H groups in total. The molecule has 5 heteroatoms. The maximum Gasteiger partial charge on any atom is 0.253 e. The lowest BCUT2D eigenvalue weighted by molar-refractivity contribution is -0.134. The number of nitrogens with zero attached hydrogens (tertiary/aromatic N) is 2. The molecule has 1 atom stereocenters. The van der Waals surface area contributed by atoms with Gasteiger partial charge in [0.1, 0.15) is 5.76 Å². The third-order valence-electron chi connectivity index (χ3n) is 7.89. The smallest absolute Gasteiger partial charge is 0.253 e. The summed E-state index contributed by atoms with van der Waals surface area (Å²) in [4.78, 5) is 30.4. The summed E-state index contributed by atoms with van der Waals surface area (Å²) in [7, 11) is 0. The van der Waals surface area contributed by atoms with Crippen molar-refractivity contribution in [3.63, 3.8) is 0 Å². The summed E-state index contributed by atoms with van der Waals surface area (Å²) in [6.07, 6.45) is 5.39. The Bertz CT molecular complexity index is 1190. The summed E-state index contributed by atoms with van der Waals surface area (Å²) < 4.78 is 5.48. The van der Waals surface area contributed by atoms with Gasteiger partial charge in [-0.05, 0) is 66.5 Å². The largest absolute Gasteiger partial charge is 0.464 e. The number of hydrogen-bond acceptors (Lipinski definition) is 3. The highest BCUT2D eigenvalue weighted by molar-refractivity contribution is 5.95. The number of furan rings is 1. The predicted octanol–water partition coefficient (Wildman–Crippen LogP) is 4.77. The van der Waals surface area contributed by atoms with Gasteiger partial charge in [0.25, 0.3) is 5.91 Å². The van der Waals surface area contributed by atoms with E-state index >= 15 is 0 Å². The van der Waals surface area contributed by atoms with E-state index < -0.39 is 0 Å². The van der Waals surface area contributed by atoms with E-state index in [0.29, 0.717) is 11.5 Å². The molecule has 33 heavy (non-hydrogen) atoms. The van der Waals surface area contributed by atoms with Gasteiger partial charge in [0, 0.05) is 43.2 Å². The fourth-order valence-electron chi connectivity index (χ4n) is 5.74. The first-order chi connectivity index (χ1) is 16.1. The average Bonchev–Trinajstić information content (AvgIpc) is 3.28. The number of likely N-dealkylation sites (tertiary alicyclic amines) is 1. The summed E-state index contributed by atoms with van der Waals surface area (Å²) in [5.74, 6) is 1.27. The van der Waals surface area contributed by atoms with Gasteiger partial charge in [-0.2, -0.15) is 0 Å². The molecule has 1 spiro atoms. The molecular formula is C28H28N2O3. The lowest BCUT2D eigenvalue weighted by Gasteiger charge is -2.34. The molecule has 1 aromatic heterocycles. The predicted molar refractivity (Wildman–Crippen MR) is 125 cm³/mol. The van der Waals surface area contributed by atoms with Gasteiger partial charge in [-0.15, -0.1) is 0 Å². The zero-order chi connectivity index (χ0) is 22.4. The Kier molecular flexibility index (Phi) is 4.86. The molecule has 2 aliphatic heterocycles. The first kappa shape index (κ1) is 20.3. The van der Waals surface area contributed by atoms with Crippen LogP contribution in [0.5, 0.6) is 0 Å². The summed E-state index contributed by atoms with van der Waals surface area (Å²) in [6, 6.07) is 19.8. The van der Waals surface area contributed by atoms with Crippen molar-refractivity contribution in [1.82, 2.24) is 9.80 Å². The molecule has 3 aromatic rings. The third kappa shape index (κ3) is 3.65. The van der Waals surface area contributed by atoms with E-state index in [4.69, 9.17) is 4.42 Å². The van der Waals surface area contributed by atoms with E-state index in [1.165, 1.54) is 11.1 Å². The molecule has 3 aliphatic rings. The number of carbonyl (C=O) groups excluding carboxylic acids is 2. The normalized spacial score (nSPS) is 21.0. The van der Waals surface area contributed by atoms with Gasteiger partial charge in [-0.1, -0.05) is 36.4 Å². The summed E-state index contributed by atoms with van der Waals surface area (Å²) in [6.45, 7) is 2.99. The van der Waals surface area contributed by atoms with Gasteiger partial charge in [0.2, 0.25) is 5.91 Å². The van der Waals surface area contributed by atoms with Gasteiger partial charge in [0.15, 0.2) is 0 Å². The fourth-order valence-corrected chi connectivity index (χ4v) is 5.74. The maximum absolute atomic E-state index is 13.3. The number of rotatable bonds is 3. The average molecular weight is 441 g/mol. The van der Waals surface area contributed by atoms with E-state index in [-0.39, 0.29) is 17.2 Å². The van der Waals surface area contributed by atoms with Crippen LogP contribution in [0.15, 0.2) is 71.3 Å². The Hall–Kier alpha value is -3.34. The van der Waals surface area contributed by atoms with Crippen molar-refractivity contribution in [2.45, 2.75) is 32.2 Å². The minimum Gasteiger partial charge on any atom is -0.464 e. The number of fused-ring (bicyclic) bond motifs is 1. The molecule has 2 aromatic carbocycles. The zero-order valence-corrected chi connectivity index (χ0v) is 18.7. The number of hydrogen-bond donors (Lipinski definition) is 0. The number of amides is 2. The van der Waals surface area contributed by atoms with Crippen molar-refractivity contribution in [1.29, 1.82) is 0 Å². The quantitative estimate of drug-likeness (QED) is 0.589. The van der Waals surface area contributed by atoms with Gasteiger partial charge >= 0.3 is 0 Å². The molecule has 1 saturated heterocycles. The monoisotopic (exact) mass is 440 g/mol. The molecule has 3 heterocycles. The molecule has 1 unspecified atom stereocenters. The Morgan fingerprint density at radius 1 is 0.879 bits per heavy atom. The van der Waals surface area contributed by atoms with Crippen LogP contribution in [0.3, 0.4) is 0 Å². The standard InChI is InChI=1S/C28H28N2O3/c31-26(22-8-3-7-21(17-22)25-9-4-16-33-25)29-14-11-28(12-15-29)18-24(28)27(32)30-13-10-20-5-1-2-6-23(20)19-30/h1-9,16-17,24H,10-15,18-19H2. The first-order valence-electron chi connectivity index (χ1n) is 11.9.